The number of nitrogens with zero attached hydrogens (tertiary/aromatic N) is 2. The van der Waals surface area contributed by atoms with Gasteiger partial charge in [0.1, 0.15) is 0 Å². The summed E-state index contributed by atoms with van der Waals surface area (Å²) in [4.78, 5) is 4.74. The van der Waals surface area contributed by atoms with Crippen molar-refractivity contribution in [2.24, 2.45) is 11.1 Å². The predicted molar refractivity (Wildman–Crippen MR) is 70.6 cm³/mol. The fourth-order valence-electron chi connectivity index (χ4n) is 3.20. The minimum atomic E-state index is 0.211. The highest BCUT2D eigenvalue weighted by atomic mass is 15.2. The quantitative estimate of drug-likeness (QED) is 0.770. The second-order valence-corrected chi connectivity index (χ2v) is 6.20. The molecular formula is C13H29N3. The normalized spacial score (nSPS) is 29.2. The van der Waals surface area contributed by atoms with Gasteiger partial charge in [0.2, 0.25) is 0 Å². The smallest absolute Gasteiger partial charge is 0.0380 e. The molecule has 0 aromatic carbocycles. The van der Waals surface area contributed by atoms with Gasteiger partial charge in [0.15, 0.2) is 0 Å². The van der Waals surface area contributed by atoms with E-state index in [1.54, 1.807) is 0 Å². The van der Waals surface area contributed by atoms with Gasteiger partial charge in [-0.1, -0.05) is 20.3 Å². The Hall–Kier alpha value is -0.120. The standard InChI is InChI=1S/C13H29N3/c1-12(2)7-6-8-13(12,11-14)16(5)10-9-15(3)4/h6-11,14H2,1-5H3. The van der Waals surface area contributed by atoms with Crippen LogP contribution in [0.3, 0.4) is 0 Å². The van der Waals surface area contributed by atoms with Crippen LogP contribution in [0.1, 0.15) is 33.1 Å². The molecule has 0 amide bonds. The van der Waals surface area contributed by atoms with Crippen LogP contribution in [0.2, 0.25) is 0 Å². The molecule has 1 unspecified atom stereocenters. The summed E-state index contributed by atoms with van der Waals surface area (Å²) in [6.07, 6.45) is 3.87. The summed E-state index contributed by atoms with van der Waals surface area (Å²) >= 11 is 0. The molecule has 3 nitrogen and oxygen atoms in total. The van der Waals surface area contributed by atoms with E-state index in [9.17, 15) is 0 Å². The van der Waals surface area contributed by atoms with Gasteiger partial charge < -0.3 is 10.6 Å². The van der Waals surface area contributed by atoms with E-state index < -0.39 is 0 Å². The third-order valence-electron chi connectivity index (χ3n) is 4.60. The van der Waals surface area contributed by atoms with Crippen molar-refractivity contribution in [2.75, 3.05) is 40.8 Å². The van der Waals surface area contributed by atoms with Crippen molar-refractivity contribution in [3.05, 3.63) is 0 Å². The lowest BCUT2D eigenvalue weighted by atomic mass is 9.74. The average molecular weight is 227 g/mol. The van der Waals surface area contributed by atoms with Crippen molar-refractivity contribution in [3.63, 3.8) is 0 Å². The topological polar surface area (TPSA) is 32.5 Å². The van der Waals surface area contributed by atoms with Crippen LogP contribution in [0.15, 0.2) is 0 Å². The number of rotatable bonds is 5. The summed E-state index contributed by atoms with van der Waals surface area (Å²) in [7, 11) is 6.49. The Bertz CT molecular complexity index is 225. The van der Waals surface area contributed by atoms with Crippen LogP contribution in [0.25, 0.3) is 0 Å². The Morgan fingerprint density at radius 2 is 1.69 bits per heavy atom. The number of likely N-dealkylation sites (N-methyl/N-ethyl adjacent to an activating group) is 2. The van der Waals surface area contributed by atoms with E-state index in [-0.39, 0.29) is 5.54 Å². The highest BCUT2D eigenvalue weighted by Crippen LogP contribution is 2.48. The van der Waals surface area contributed by atoms with Crippen molar-refractivity contribution in [2.45, 2.75) is 38.6 Å². The summed E-state index contributed by atoms with van der Waals surface area (Å²) < 4.78 is 0. The molecule has 96 valence electrons. The maximum atomic E-state index is 6.10. The molecule has 3 heteroatoms. The highest BCUT2D eigenvalue weighted by Gasteiger charge is 2.50. The van der Waals surface area contributed by atoms with Crippen molar-refractivity contribution >= 4 is 0 Å². The molecule has 1 fully saturated rings. The summed E-state index contributed by atoms with van der Waals surface area (Å²) in [5.41, 5.74) is 6.66. The molecule has 0 heterocycles. The molecule has 2 N–H and O–H groups in total. The number of hydrogen-bond donors (Lipinski definition) is 1. The zero-order valence-corrected chi connectivity index (χ0v) is 11.7. The molecule has 0 aromatic rings. The van der Waals surface area contributed by atoms with Crippen LogP contribution in [-0.4, -0.2) is 56.1 Å². The maximum Gasteiger partial charge on any atom is 0.0380 e. The van der Waals surface area contributed by atoms with Gasteiger partial charge in [-0.05, 0) is 39.4 Å². The van der Waals surface area contributed by atoms with Gasteiger partial charge in [-0.25, -0.2) is 0 Å². The molecule has 1 rings (SSSR count). The third kappa shape index (κ3) is 2.41. The van der Waals surface area contributed by atoms with E-state index in [1.807, 2.05) is 0 Å². The molecule has 0 aromatic heterocycles. The summed E-state index contributed by atoms with van der Waals surface area (Å²) in [6, 6.07) is 0. The first-order chi connectivity index (χ1) is 7.35. The molecule has 0 bridgehead atoms. The molecule has 1 atom stereocenters. The lowest BCUT2D eigenvalue weighted by Gasteiger charge is -2.48. The molecule has 1 saturated carbocycles. The zero-order chi connectivity index (χ0) is 12.4. The fraction of sp³-hybridized carbons (Fsp3) is 1.00. The van der Waals surface area contributed by atoms with E-state index in [1.165, 1.54) is 19.3 Å². The van der Waals surface area contributed by atoms with Crippen molar-refractivity contribution in [1.82, 2.24) is 9.80 Å². The lowest BCUT2D eigenvalue weighted by Crippen LogP contribution is -2.59. The Morgan fingerprint density at radius 3 is 2.06 bits per heavy atom. The van der Waals surface area contributed by atoms with Crippen LogP contribution < -0.4 is 5.73 Å². The Labute approximate surface area is 101 Å². The van der Waals surface area contributed by atoms with Gasteiger partial charge in [-0.15, -0.1) is 0 Å². The van der Waals surface area contributed by atoms with E-state index >= 15 is 0 Å². The van der Waals surface area contributed by atoms with E-state index in [2.05, 4.69) is 44.8 Å². The van der Waals surface area contributed by atoms with Gasteiger partial charge in [0.25, 0.3) is 0 Å². The van der Waals surface area contributed by atoms with Crippen molar-refractivity contribution in [1.29, 1.82) is 0 Å². The van der Waals surface area contributed by atoms with Crippen LogP contribution in [0.4, 0.5) is 0 Å². The Kier molecular flexibility index (Phi) is 4.38. The second kappa shape index (κ2) is 5.03. The molecule has 0 aliphatic heterocycles. The van der Waals surface area contributed by atoms with E-state index in [0.29, 0.717) is 5.41 Å². The van der Waals surface area contributed by atoms with E-state index in [4.69, 9.17) is 5.73 Å². The van der Waals surface area contributed by atoms with Gasteiger partial charge in [-0.2, -0.15) is 0 Å². The molecular weight excluding hydrogens is 198 g/mol. The monoisotopic (exact) mass is 227 g/mol. The molecule has 0 radical (unpaired) electrons. The predicted octanol–water partition coefficient (Wildman–Crippen LogP) is 1.39. The first kappa shape index (κ1) is 13.9. The van der Waals surface area contributed by atoms with Crippen molar-refractivity contribution < 1.29 is 0 Å². The SMILES string of the molecule is CN(C)CCN(C)C1(CN)CCCC1(C)C. The minimum Gasteiger partial charge on any atom is -0.329 e. The molecule has 1 aliphatic rings. The van der Waals surface area contributed by atoms with Crippen LogP contribution in [0.5, 0.6) is 0 Å². The van der Waals surface area contributed by atoms with E-state index in [0.717, 1.165) is 19.6 Å². The first-order valence-corrected chi connectivity index (χ1v) is 6.42. The second-order valence-electron chi connectivity index (χ2n) is 6.20. The van der Waals surface area contributed by atoms with Gasteiger partial charge in [-0.3, -0.25) is 4.90 Å². The highest BCUT2D eigenvalue weighted by molar-refractivity contribution is 5.06. The van der Waals surface area contributed by atoms with Crippen LogP contribution in [-0.2, 0) is 0 Å². The van der Waals surface area contributed by atoms with Crippen LogP contribution in [0, 0.1) is 5.41 Å². The summed E-state index contributed by atoms with van der Waals surface area (Å²) in [5.74, 6) is 0. The zero-order valence-electron chi connectivity index (χ0n) is 11.7. The van der Waals surface area contributed by atoms with Gasteiger partial charge in [0, 0.05) is 25.2 Å². The summed E-state index contributed by atoms with van der Waals surface area (Å²) in [6.45, 7) is 7.74. The molecule has 16 heavy (non-hydrogen) atoms. The molecule has 0 spiro atoms. The average Bonchev–Trinajstić information content (AvgIpc) is 2.50. The van der Waals surface area contributed by atoms with Crippen LogP contribution >= 0.6 is 0 Å². The fourth-order valence-corrected chi connectivity index (χ4v) is 3.20. The van der Waals surface area contributed by atoms with Gasteiger partial charge >= 0.3 is 0 Å². The number of hydrogen-bond acceptors (Lipinski definition) is 3. The first-order valence-electron chi connectivity index (χ1n) is 6.42. The largest absolute Gasteiger partial charge is 0.329 e. The van der Waals surface area contributed by atoms with Crippen molar-refractivity contribution in [3.8, 4) is 0 Å². The minimum absolute atomic E-state index is 0.211. The number of nitrogens with two attached hydrogens (primary N) is 1. The third-order valence-corrected chi connectivity index (χ3v) is 4.60. The lowest BCUT2D eigenvalue weighted by molar-refractivity contribution is 0.0297. The molecule has 0 saturated heterocycles. The van der Waals surface area contributed by atoms with Gasteiger partial charge in [0.05, 0.1) is 0 Å². The maximum absolute atomic E-state index is 6.10. The Balaban J connectivity index is 2.72. The summed E-state index contributed by atoms with van der Waals surface area (Å²) in [5, 5.41) is 0. The molecule has 1 aliphatic carbocycles. The Morgan fingerprint density at radius 1 is 1.06 bits per heavy atom.